The highest BCUT2D eigenvalue weighted by Gasteiger charge is 2.06. The standard InChI is InChI=1S/C13H27N/c1-5-7-8-9-10-13(12(3)4)14-11-6-2/h13-14H,3,5-11H2,1-2,4H3. The molecule has 1 heteroatoms. The van der Waals surface area contributed by atoms with E-state index in [0.29, 0.717) is 6.04 Å². The smallest absolute Gasteiger partial charge is 0.0274 e. The van der Waals surface area contributed by atoms with Crippen LogP contribution in [0, 0.1) is 0 Å². The highest BCUT2D eigenvalue weighted by atomic mass is 14.9. The van der Waals surface area contributed by atoms with Crippen molar-refractivity contribution in [1.29, 1.82) is 0 Å². The molecule has 0 amide bonds. The van der Waals surface area contributed by atoms with E-state index in [9.17, 15) is 0 Å². The maximum Gasteiger partial charge on any atom is 0.0274 e. The van der Waals surface area contributed by atoms with E-state index in [2.05, 4.69) is 32.7 Å². The number of nitrogens with one attached hydrogen (secondary N) is 1. The lowest BCUT2D eigenvalue weighted by atomic mass is 10.0. The second kappa shape index (κ2) is 9.26. The second-order valence-electron chi connectivity index (χ2n) is 4.20. The molecule has 0 rings (SSSR count). The van der Waals surface area contributed by atoms with Gasteiger partial charge in [-0.1, -0.05) is 51.7 Å². The molecule has 1 atom stereocenters. The molecular weight excluding hydrogens is 170 g/mol. The summed E-state index contributed by atoms with van der Waals surface area (Å²) in [4.78, 5) is 0. The zero-order valence-corrected chi connectivity index (χ0v) is 10.2. The van der Waals surface area contributed by atoms with Crippen molar-refractivity contribution in [1.82, 2.24) is 5.32 Å². The van der Waals surface area contributed by atoms with Crippen molar-refractivity contribution in [2.45, 2.75) is 65.3 Å². The van der Waals surface area contributed by atoms with E-state index in [1.54, 1.807) is 0 Å². The van der Waals surface area contributed by atoms with Gasteiger partial charge in [-0.2, -0.15) is 0 Å². The summed E-state index contributed by atoms with van der Waals surface area (Å²) in [6.45, 7) is 11.8. The lowest BCUT2D eigenvalue weighted by Gasteiger charge is -2.18. The van der Waals surface area contributed by atoms with Gasteiger partial charge in [-0.05, 0) is 26.3 Å². The maximum atomic E-state index is 4.04. The maximum absolute atomic E-state index is 4.04. The molecule has 0 spiro atoms. The number of unbranched alkanes of at least 4 members (excludes halogenated alkanes) is 3. The molecule has 0 aromatic heterocycles. The SMILES string of the molecule is C=C(C)C(CCCCCC)NCCC. The Bertz CT molecular complexity index is 140. The fourth-order valence-electron chi connectivity index (χ4n) is 1.62. The Balaban J connectivity index is 3.57. The Labute approximate surface area is 90.0 Å². The van der Waals surface area contributed by atoms with E-state index in [1.807, 2.05) is 0 Å². The van der Waals surface area contributed by atoms with Crippen molar-refractivity contribution in [3.63, 3.8) is 0 Å². The first kappa shape index (κ1) is 13.7. The Morgan fingerprint density at radius 1 is 1.14 bits per heavy atom. The fraction of sp³-hybridized carbons (Fsp3) is 0.846. The molecular formula is C13H27N. The summed E-state index contributed by atoms with van der Waals surface area (Å²) in [5.74, 6) is 0. The lowest BCUT2D eigenvalue weighted by molar-refractivity contribution is 0.500. The van der Waals surface area contributed by atoms with Crippen LogP contribution in [0.3, 0.4) is 0 Å². The molecule has 0 aromatic rings. The molecule has 0 saturated heterocycles. The Morgan fingerprint density at radius 2 is 1.86 bits per heavy atom. The van der Waals surface area contributed by atoms with Crippen molar-refractivity contribution in [3.05, 3.63) is 12.2 Å². The van der Waals surface area contributed by atoms with Crippen LogP contribution < -0.4 is 5.32 Å². The van der Waals surface area contributed by atoms with E-state index in [-0.39, 0.29) is 0 Å². The molecule has 0 aliphatic carbocycles. The molecule has 1 N–H and O–H groups in total. The van der Waals surface area contributed by atoms with Gasteiger partial charge in [0.15, 0.2) is 0 Å². The van der Waals surface area contributed by atoms with Crippen LogP contribution >= 0.6 is 0 Å². The van der Waals surface area contributed by atoms with Gasteiger partial charge in [0.05, 0.1) is 0 Å². The second-order valence-corrected chi connectivity index (χ2v) is 4.20. The fourth-order valence-corrected chi connectivity index (χ4v) is 1.62. The predicted octanol–water partition coefficient (Wildman–Crippen LogP) is 3.90. The minimum Gasteiger partial charge on any atom is -0.310 e. The van der Waals surface area contributed by atoms with Gasteiger partial charge in [-0.15, -0.1) is 0 Å². The zero-order chi connectivity index (χ0) is 10.8. The third-order valence-electron chi connectivity index (χ3n) is 2.58. The number of hydrogen-bond acceptors (Lipinski definition) is 1. The quantitative estimate of drug-likeness (QED) is 0.436. The largest absolute Gasteiger partial charge is 0.310 e. The minimum atomic E-state index is 0.548. The van der Waals surface area contributed by atoms with Gasteiger partial charge >= 0.3 is 0 Å². The first-order valence-electron chi connectivity index (χ1n) is 6.11. The van der Waals surface area contributed by atoms with Gasteiger partial charge in [0, 0.05) is 6.04 Å². The average molecular weight is 197 g/mol. The van der Waals surface area contributed by atoms with Crippen molar-refractivity contribution >= 4 is 0 Å². The molecule has 1 nitrogen and oxygen atoms in total. The summed E-state index contributed by atoms with van der Waals surface area (Å²) in [5.41, 5.74) is 1.29. The van der Waals surface area contributed by atoms with E-state index in [4.69, 9.17) is 0 Å². The normalized spacial score (nSPS) is 12.8. The van der Waals surface area contributed by atoms with Gasteiger partial charge < -0.3 is 5.32 Å². The third-order valence-corrected chi connectivity index (χ3v) is 2.58. The molecule has 0 saturated carbocycles. The molecule has 14 heavy (non-hydrogen) atoms. The van der Waals surface area contributed by atoms with E-state index < -0.39 is 0 Å². The highest BCUT2D eigenvalue weighted by molar-refractivity contribution is 5.01. The minimum absolute atomic E-state index is 0.548. The van der Waals surface area contributed by atoms with Crippen LogP contribution in [-0.4, -0.2) is 12.6 Å². The molecule has 84 valence electrons. The zero-order valence-electron chi connectivity index (χ0n) is 10.2. The van der Waals surface area contributed by atoms with E-state index >= 15 is 0 Å². The van der Waals surface area contributed by atoms with Crippen molar-refractivity contribution in [2.24, 2.45) is 0 Å². The first-order chi connectivity index (χ1) is 6.72. The Morgan fingerprint density at radius 3 is 2.36 bits per heavy atom. The van der Waals surface area contributed by atoms with Gasteiger partial charge in [0.25, 0.3) is 0 Å². The molecule has 0 heterocycles. The van der Waals surface area contributed by atoms with Crippen LogP contribution in [0.1, 0.15) is 59.3 Å². The van der Waals surface area contributed by atoms with Gasteiger partial charge in [0.1, 0.15) is 0 Å². The summed E-state index contributed by atoms with van der Waals surface area (Å²) in [6, 6.07) is 0.548. The average Bonchev–Trinajstić information content (AvgIpc) is 2.16. The van der Waals surface area contributed by atoms with Crippen LogP contribution in [0.2, 0.25) is 0 Å². The predicted molar refractivity (Wildman–Crippen MR) is 65.7 cm³/mol. The Hall–Kier alpha value is -0.300. The highest BCUT2D eigenvalue weighted by Crippen LogP contribution is 2.10. The summed E-state index contributed by atoms with van der Waals surface area (Å²) in [5, 5.41) is 3.55. The van der Waals surface area contributed by atoms with Crippen LogP contribution in [0.5, 0.6) is 0 Å². The van der Waals surface area contributed by atoms with Gasteiger partial charge in [-0.25, -0.2) is 0 Å². The summed E-state index contributed by atoms with van der Waals surface area (Å²) >= 11 is 0. The molecule has 0 aliphatic rings. The molecule has 0 fully saturated rings. The van der Waals surface area contributed by atoms with E-state index in [0.717, 1.165) is 6.54 Å². The van der Waals surface area contributed by atoms with Crippen molar-refractivity contribution in [3.8, 4) is 0 Å². The third kappa shape index (κ3) is 7.14. The topological polar surface area (TPSA) is 12.0 Å². The number of rotatable bonds is 9. The summed E-state index contributed by atoms with van der Waals surface area (Å²) in [7, 11) is 0. The number of hydrogen-bond donors (Lipinski definition) is 1. The summed E-state index contributed by atoms with van der Waals surface area (Å²) < 4.78 is 0. The molecule has 0 radical (unpaired) electrons. The summed E-state index contributed by atoms with van der Waals surface area (Å²) in [6.07, 6.45) is 7.86. The lowest BCUT2D eigenvalue weighted by Crippen LogP contribution is -2.30. The Kier molecular flexibility index (Phi) is 9.06. The van der Waals surface area contributed by atoms with Crippen LogP contribution in [-0.2, 0) is 0 Å². The van der Waals surface area contributed by atoms with Crippen LogP contribution in [0.4, 0.5) is 0 Å². The first-order valence-corrected chi connectivity index (χ1v) is 6.11. The van der Waals surface area contributed by atoms with Crippen molar-refractivity contribution < 1.29 is 0 Å². The van der Waals surface area contributed by atoms with E-state index in [1.165, 1.54) is 44.1 Å². The van der Waals surface area contributed by atoms with Gasteiger partial charge in [-0.3, -0.25) is 0 Å². The molecule has 0 bridgehead atoms. The van der Waals surface area contributed by atoms with Crippen LogP contribution in [0.25, 0.3) is 0 Å². The molecule has 0 aliphatic heterocycles. The van der Waals surface area contributed by atoms with Crippen molar-refractivity contribution in [2.75, 3.05) is 6.54 Å². The van der Waals surface area contributed by atoms with Crippen LogP contribution in [0.15, 0.2) is 12.2 Å². The monoisotopic (exact) mass is 197 g/mol. The van der Waals surface area contributed by atoms with Gasteiger partial charge in [0.2, 0.25) is 0 Å². The molecule has 1 unspecified atom stereocenters. The molecule has 0 aromatic carbocycles.